The first-order valence-corrected chi connectivity index (χ1v) is 7.71. The summed E-state index contributed by atoms with van der Waals surface area (Å²) in [7, 11) is 0. The number of carbonyl (C=O) groups is 2. The van der Waals surface area contributed by atoms with E-state index in [0.717, 1.165) is 0 Å². The molecular formula is C18H25NO2. The summed E-state index contributed by atoms with van der Waals surface area (Å²) in [6, 6.07) is 9.59. The Hall–Kier alpha value is -1.64. The van der Waals surface area contributed by atoms with E-state index < -0.39 is 5.41 Å². The maximum atomic E-state index is 12.8. The molecule has 3 nitrogen and oxygen atoms in total. The van der Waals surface area contributed by atoms with E-state index in [1.807, 2.05) is 69.9 Å². The van der Waals surface area contributed by atoms with E-state index in [0.29, 0.717) is 12.0 Å². The Kier molecular flexibility index (Phi) is 4.22. The molecule has 0 spiro atoms. The van der Waals surface area contributed by atoms with Crippen LogP contribution in [0.4, 0.5) is 0 Å². The summed E-state index contributed by atoms with van der Waals surface area (Å²) < 4.78 is 0. The highest BCUT2D eigenvalue weighted by Crippen LogP contribution is 2.55. The molecule has 0 radical (unpaired) electrons. The third-order valence-electron chi connectivity index (χ3n) is 4.45. The Labute approximate surface area is 127 Å². The maximum absolute atomic E-state index is 12.8. The number of amides is 1. The lowest BCUT2D eigenvalue weighted by Gasteiger charge is -2.33. The third kappa shape index (κ3) is 2.87. The number of carbonyl (C=O) groups excluding carboxylic acids is 2. The van der Waals surface area contributed by atoms with Gasteiger partial charge < -0.3 is 4.90 Å². The molecule has 0 aromatic heterocycles. The molecule has 1 saturated carbocycles. The number of hydrogen-bond donors (Lipinski definition) is 0. The van der Waals surface area contributed by atoms with Crippen molar-refractivity contribution in [2.75, 3.05) is 0 Å². The van der Waals surface area contributed by atoms with E-state index in [2.05, 4.69) is 0 Å². The van der Waals surface area contributed by atoms with Crippen molar-refractivity contribution in [3.63, 3.8) is 0 Å². The average molecular weight is 287 g/mol. The van der Waals surface area contributed by atoms with E-state index in [1.165, 1.54) is 0 Å². The summed E-state index contributed by atoms with van der Waals surface area (Å²) >= 11 is 0. The molecule has 0 aliphatic heterocycles. The Morgan fingerprint density at radius 3 is 2.10 bits per heavy atom. The van der Waals surface area contributed by atoms with Crippen molar-refractivity contribution in [2.24, 2.45) is 11.3 Å². The van der Waals surface area contributed by atoms with Gasteiger partial charge in [0.2, 0.25) is 5.91 Å². The van der Waals surface area contributed by atoms with Crippen LogP contribution in [0.3, 0.4) is 0 Å². The molecule has 114 valence electrons. The Morgan fingerprint density at radius 2 is 1.62 bits per heavy atom. The van der Waals surface area contributed by atoms with E-state index in [4.69, 9.17) is 0 Å². The van der Waals surface area contributed by atoms with Crippen LogP contribution in [0.15, 0.2) is 30.3 Å². The molecule has 3 heteroatoms. The smallest absolute Gasteiger partial charge is 0.229 e. The first-order chi connectivity index (χ1) is 9.79. The number of nitrogens with zero attached hydrogens (tertiary/aromatic N) is 1. The molecule has 1 aliphatic carbocycles. The largest absolute Gasteiger partial charge is 0.337 e. The predicted octanol–water partition coefficient (Wildman–Crippen LogP) is 3.54. The number of Topliss-reactive ketones (excluding diaryl/α,β-unsaturated/α-hetero) is 1. The van der Waals surface area contributed by atoms with Crippen LogP contribution in [0.25, 0.3) is 0 Å². The maximum Gasteiger partial charge on any atom is 0.229 e. The van der Waals surface area contributed by atoms with Gasteiger partial charge in [-0.25, -0.2) is 0 Å². The Balaban J connectivity index is 2.16. The van der Waals surface area contributed by atoms with Gasteiger partial charge in [0.25, 0.3) is 0 Å². The Bertz CT molecular complexity index is 527. The molecule has 0 heterocycles. The van der Waals surface area contributed by atoms with E-state index in [1.54, 1.807) is 0 Å². The molecule has 21 heavy (non-hydrogen) atoms. The summed E-state index contributed by atoms with van der Waals surface area (Å²) in [4.78, 5) is 27.2. The molecule has 0 bridgehead atoms. The minimum atomic E-state index is -0.526. The van der Waals surface area contributed by atoms with Crippen LogP contribution in [0.1, 0.15) is 51.4 Å². The zero-order valence-electron chi connectivity index (χ0n) is 13.6. The van der Waals surface area contributed by atoms with Crippen molar-refractivity contribution in [3.05, 3.63) is 35.9 Å². The van der Waals surface area contributed by atoms with Crippen LogP contribution < -0.4 is 0 Å². The molecule has 1 aromatic carbocycles. The highest BCUT2D eigenvalue weighted by atomic mass is 16.2. The number of benzene rings is 1. The molecule has 2 rings (SSSR count). The normalized spacial score (nSPS) is 24.2. The molecule has 1 aliphatic rings. The summed E-state index contributed by atoms with van der Waals surface area (Å²) in [6.45, 7) is 10.0. The second-order valence-corrected chi connectivity index (χ2v) is 6.80. The number of hydrogen-bond acceptors (Lipinski definition) is 2. The SMILES string of the molecule is CC(C)N(C(=O)[C@]1(C)C[C@@H]1C(=O)c1ccccc1)C(C)C. The van der Waals surface area contributed by atoms with Crippen molar-refractivity contribution >= 4 is 11.7 Å². The zero-order valence-corrected chi connectivity index (χ0v) is 13.6. The second kappa shape index (κ2) is 5.63. The van der Waals surface area contributed by atoms with Crippen LogP contribution in [-0.4, -0.2) is 28.7 Å². The Morgan fingerprint density at radius 1 is 1.10 bits per heavy atom. The van der Waals surface area contributed by atoms with Gasteiger partial charge >= 0.3 is 0 Å². The number of ketones is 1. The van der Waals surface area contributed by atoms with Crippen molar-refractivity contribution in [2.45, 2.75) is 53.1 Å². The molecule has 1 aromatic rings. The van der Waals surface area contributed by atoms with E-state index >= 15 is 0 Å². The highest BCUT2D eigenvalue weighted by Gasteiger charge is 2.61. The molecule has 1 fully saturated rings. The van der Waals surface area contributed by atoms with Crippen molar-refractivity contribution in [3.8, 4) is 0 Å². The van der Waals surface area contributed by atoms with Crippen LogP contribution in [0, 0.1) is 11.3 Å². The van der Waals surface area contributed by atoms with Gasteiger partial charge in [0.1, 0.15) is 0 Å². The third-order valence-corrected chi connectivity index (χ3v) is 4.45. The standard InChI is InChI=1S/C18H25NO2/c1-12(2)19(13(3)4)17(21)18(5)11-15(18)16(20)14-9-7-6-8-10-14/h6-10,12-13,15H,11H2,1-5H3/t15-,18-/m1/s1. The van der Waals surface area contributed by atoms with E-state index in [9.17, 15) is 9.59 Å². The van der Waals surface area contributed by atoms with Crippen LogP contribution in [0.2, 0.25) is 0 Å². The van der Waals surface area contributed by atoms with Crippen LogP contribution in [0.5, 0.6) is 0 Å². The van der Waals surface area contributed by atoms with Gasteiger partial charge in [0.05, 0.1) is 5.41 Å². The first kappa shape index (κ1) is 15.7. The fourth-order valence-corrected chi connectivity index (χ4v) is 3.15. The fraction of sp³-hybridized carbons (Fsp3) is 0.556. The van der Waals surface area contributed by atoms with Crippen LogP contribution >= 0.6 is 0 Å². The van der Waals surface area contributed by atoms with Gasteiger partial charge in [-0.05, 0) is 34.1 Å². The first-order valence-electron chi connectivity index (χ1n) is 7.71. The molecule has 2 atom stereocenters. The van der Waals surface area contributed by atoms with Gasteiger partial charge in [-0.15, -0.1) is 0 Å². The lowest BCUT2D eigenvalue weighted by Crippen LogP contribution is -2.46. The zero-order chi connectivity index (χ0) is 15.8. The summed E-state index contributed by atoms with van der Waals surface area (Å²) in [5, 5.41) is 0. The molecule has 0 saturated heterocycles. The fourth-order valence-electron chi connectivity index (χ4n) is 3.15. The monoisotopic (exact) mass is 287 g/mol. The van der Waals surface area contributed by atoms with Gasteiger partial charge in [-0.3, -0.25) is 9.59 Å². The van der Waals surface area contributed by atoms with Gasteiger partial charge in [0.15, 0.2) is 5.78 Å². The summed E-state index contributed by atoms with van der Waals surface area (Å²) in [6.07, 6.45) is 0.662. The quantitative estimate of drug-likeness (QED) is 0.777. The second-order valence-electron chi connectivity index (χ2n) is 6.80. The topological polar surface area (TPSA) is 37.4 Å². The average Bonchev–Trinajstić information content (AvgIpc) is 3.12. The lowest BCUT2D eigenvalue weighted by molar-refractivity contribution is -0.140. The minimum Gasteiger partial charge on any atom is -0.337 e. The molecular weight excluding hydrogens is 262 g/mol. The van der Waals surface area contributed by atoms with Crippen molar-refractivity contribution in [1.82, 2.24) is 4.90 Å². The van der Waals surface area contributed by atoms with Crippen molar-refractivity contribution < 1.29 is 9.59 Å². The minimum absolute atomic E-state index is 0.0962. The van der Waals surface area contributed by atoms with Crippen molar-refractivity contribution in [1.29, 1.82) is 0 Å². The predicted molar refractivity (Wildman–Crippen MR) is 84.1 cm³/mol. The van der Waals surface area contributed by atoms with Gasteiger partial charge in [0, 0.05) is 23.6 Å². The van der Waals surface area contributed by atoms with E-state index in [-0.39, 0.29) is 29.7 Å². The molecule has 0 unspecified atom stereocenters. The highest BCUT2D eigenvalue weighted by molar-refractivity contribution is 6.05. The van der Waals surface area contributed by atoms with Crippen LogP contribution in [-0.2, 0) is 4.79 Å². The molecule has 0 N–H and O–H groups in total. The van der Waals surface area contributed by atoms with Gasteiger partial charge in [-0.1, -0.05) is 37.3 Å². The molecule has 1 amide bonds. The lowest BCUT2D eigenvalue weighted by atomic mass is 9.97. The number of rotatable bonds is 5. The summed E-state index contributed by atoms with van der Waals surface area (Å²) in [5.74, 6) is 0.0353. The van der Waals surface area contributed by atoms with Gasteiger partial charge in [-0.2, -0.15) is 0 Å². The summed E-state index contributed by atoms with van der Waals surface area (Å²) in [5.41, 5.74) is 0.182.